The molecule has 106 valence electrons. The molecule has 1 aliphatic heterocycles. The molecule has 0 bridgehead atoms. The van der Waals surface area contributed by atoms with Gasteiger partial charge in [0.05, 0.1) is 4.88 Å². The van der Waals surface area contributed by atoms with Crippen LogP contribution in [0.4, 0.5) is 0 Å². The Kier molecular flexibility index (Phi) is 4.41. The number of amides is 1. The summed E-state index contributed by atoms with van der Waals surface area (Å²) in [7, 11) is 0. The van der Waals surface area contributed by atoms with Crippen LogP contribution in [0.3, 0.4) is 0 Å². The molecular formula is C13H14N2O3S2. The van der Waals surface area contributed by atoms with Crippen LogP contribution in [0.2, 0.25) is 0 Å². The average molecular weight is 310 g/mol. The number of ether oxygens (including phenoxy) is 1. The van der Waals surface area contributed by atoms with Gasteiger partial charge in [-0.2, -0.15) is 0 Å². The highest BCUT2D eigenvalue weighted by atomic mass is 32.1. The first-order valence-corrected chi connectivity index (χ1v) is 8.16. The zero-order valence-corrected chi connectivity index (χ0v) is 12.3. The molecule has 1 fully saturated rings. The van der Waals surface area contributed by atoms with Gasteiger partial charge in [-0.1, -0.05) is 6.07 Å². The number of nitrogens with one attached hydrogen (secondary N) is 1. The van der Waals surface area contributed by atoms with Crippen molar-refractivity contribution in [2.75, 3.05) is 6.61 Å². The minimum atomic E-state index is -0.344. The lowest BCUT2D eigenvalue weighted by atomic mass is 10.2. The van der Waals surface area contributed by atoms with Crippen molar-refractivity contribution in [1.29, 1.82) is 0 Å². The summed E-state index contributed by atoms with van der Waals surface area (Å²) < 4.78 is 5.38. The highest BCUT2D eigenvalue weighted by Crippen LogP contribution is 2.27. The Labute approximate surface area is 124 Å². The van der Waals surface area contributed by atoms with E-state index in [9.17, 15) is 4.79 Å². The SMILES string of the molecule is O=C(NOC1CCCCO1)c1csc(-c2cccs2)n1. The smallest absolute Gasteiger partial charge is 0.294 e. The van der Waals surface area contributed by atoms with Gasteiger partial charge in [0.25, 0.3) is 5.91 Å². The number of carbonyl (C=O) groups is 1. The van der Waals surface area contributed by atoms with Crippen LogP contribution in [0.15, 0.2) is 22.9 Å². The Morgan fingerprint density at radius 1 is 1.45 bits per heavy atom. The lowest BCUT2D eigenvalue weighted by Crippen LogP contribution is -2.33. The fourth-order valence-electron chi connectivity index (χ4n) is 1.87. The summed E-state index contributed by atoms with van der Waals surface area (Å²) in [6.45, 7) is 0.680. The number of hydrogen-bond acceptors (Lipinski definition) is 6. The number of carbonyl (C=O) groups excluding carboxylic acids is 1. The maximum atomic E-state index is 11.9. The molecule has 1 aliphatic rings. The van der Waals surface area contributed by atoms with Gasteiger partial charge in [-0.05, 0) is 24.3 Å². The number of hydroxylamine groups is 1. The van der Waals surface area contributed by atoms with Crippen molar-refractivity contribution in [3.05, 3.63) is 28.6 Å². The predicted molar refractivity (Wildman–Crippen MR) is 77.6 cm³/mol. The summed E-state index contributed by atoms with van der Waals surface area (Å²) >= 11 is 3.05. The molecule has 0 aromatic carbocycles. The molecule has 20 heavy (non-hydrogen) atoms. The molecule has 1 saturated heterocycles. The van der Waals surface area contributed by atoms with Crippen LogP contribution >= 0.6 is 22.7 Å². The molecule has 7 heteroatoms. The van der Waals surface area contributed by atoms with Gasteiger partial charge in [-0.3, -0.25) is 4.79 Å². The lowest BCUT2D eigenvalue weighted by Gasteiger charge is -2.21. The normalized spacial score (nSPS) is 18.9. The number of aromatic nitrogens is 1. The summed E-state index contributed by atoms with van der Waals surface area (Å²) in [5, 5.41) is 4.56. The highest BCUT2D eigenvalue weighted by molar-refractivity contribution is 7.20. The van der Waals surface area contributed by atoms with Crippen molar-refractivity contribution >= 4 is 28.6 Å². The topological polar surface area (TPSA) is 60.5 Å². The first-order valence-electron chi connectivity index (χ1n) is 6.40. The van der Waals surface area contributed by atoms with E-state index in [1.54, 1.807) is 16.7 Å². The number of thiophene rings is 1. The van der Waals surface area contributed by atoms with Crippen molar-refractivity contribution in [3.63, 3.8) is 0 Å². The second kappa shape index (κ2) is 6.45. The van der Waals surface area contributed by atoms with Crippen LogP contribution in [0.25, 0.3) is 9.88 Å². The Morgan fingerprint density at radius 2 is 2.40 bits per heavy atom. The van der Waals surface area contributed by atoms with E-state index in [1.165, 1.54) is 11.3 Å². The van der Waals surface area contributed by atoms with E-state index < -0.39 is 0 Å². The van der Waals surface area contributed by atoms with Crippen molar-refractivity contribution < 1.29 is 14.4 Å². The summed E-state index contributed by atoms with van der Waals surface area (Å²) in [5.41, 5.74) is 2.78. The zero-order chi connectivity index (χ0) is 13.8. The summed E-state index contributed by atoms with van der Waals surface area (Å²) in [6.07, 6.45) is 2.56. The predicted octanol–water partition coefficient (Wildman–Crippen LogP) is 3.06. The van der Waals surface area contributed by atoms with Gasteiger partial charge in [0.15, 0.2) is 6.29 Å². The molecule has 1 unspecified atom stereocenters. The number of nitrogens with zero attached hydrogens (tertiary/aromatic N) is 1. The van der Waals surface area contributed by atoms with Crippen LogP contribution in [0, 0.1) is 0 Å². The Balaban J connectivity index is 1.57. The van der Waals surface area contributed by atoms with Crippen molar-refractivity contribution in [3.8, 4) is 9.88 Å². The third-order valence-electron chi connectivity index (χ3n) is 2.89. The summed E-state index contributed by atoms with van der Waals surface area (Å²) in [6, 6.07) is 3.95. The fourth-order valence-corrected chi connectivity index (χ4v) is 3.48. The Bertz CT molecular complexity index is 562. The minimum Gasteiger partial charge on any atom is -0.350 e. The molecule has 1 amide bonds. The molecular weight excluding hydrogens is 296 g/mol. The van der Waals surface area contributed by atoms with Crippen molar-refractivity contribution in [2.24, 2.45) is 0 Å². The molecule has 1 N–H and O–H groups in total. The third kappa shape index (κ3) is 3.24. The second-order valence-electron chi connectivity index (χ2n) is 4.36. The zero-order valence-electron chi connectivity index (χ0n) is 10.7. The Hall–Kier alpha value is -1.28. The van der Waals surface area contributed by atoms with E-state index in [1.807, 2.05) is 17.5 Å². The summed E-state index contributed by atoms with van der Waals surface area (Å²) in [5.74, 6) is -0.335. The molecule has 0 spiro atoms. The Morgan fingerprint density at radius 3 is 3.15 bits per heavy atom. The van der Waals surface area contributed by atoms with Crippen LogP contribution in [0.5, 0.6) is 0 Å². The quantitative estimate of drug-likeness (QED) is 0.882. The van der Waals surface area contributed by atoms with Gasteiger partial charge >= 0.3 is 0 Å². The van der Waals surface area contributed by atoms with Gasteiger partial charge in [0.2, 0.25) is 0 Å². The van der Waals surface area contributed by atoms with E-state index in [2.05, 4.69) is 10.5 Å². The van der Waals surface area contributed by atoms with Gasteiger partial charge in [0, 0.05) is 18.4 Å². The lowest BCUT2D eigenvalue weighted by molar-refractivity contribution is -0.186. The van der Waals surface area contributed by atoms with Gasteiger partial charge in [-0.15, -0.1) is 22.7 Å². The number of hydrogen-bond donors (Lipinski definition) is 1. The van der Waals surface area contributed by atoms with Crippen LogP contribution in [0.1, 0.15) is 29.8 Å². The first-order chi connectivity index (χ1) is 9.83. The average Bonchev–Trinajstić information content (AvgIpc) is 3.16. The molecule has 2 aromatic heterocycles. The second-order valence-corrected chi connectivity index (χ2v) is 6.17. The van der Waals surface area contributed by atoms with E-state index in [-0.39, 0.29) is 12.2 Å². The standard InChI is InChI=1S/C13H14N2O3S2/c16-12(15-18-11-5-1-2-6-17-11)9-8-20-13(14-9)10-4-3-7-19-10/h3-4,7-8,11H,1-2,5-6H2,(H,15,16). The van der Waals surface area contributed by atoms with E-state index in [0.29, 0.717) is 12.3 Å². The highest BCUT2D eigenvalue weighted by Gasteiger charge is 2.18. The molecule has 2 aromatic rings. The molecule has 0 aliphatic carbocycles. The maximum Gasteiger partial charge on any atom is 0.294 e. The van der Waals surface area contributed by atoms with E-state index in [4.69, 9.17) is 9.57 Å². The van der Waals surface area contributed by atoms with E-state index >= 15 is 0 Å². The van der Waals surface area contributed by atoms with Crippen LogP contribution in [-0.4, -0.2) is 23.8 Å². The molecule has 3 rings (SSSR count). The monoisotopic (exact) mass is 310 g/mol. The van der Waals surface area contributed by atoms with Gasteiger partial charge in [0.1, 0.15) is 10.7 Å². The third-order valence-corrected chi connectivity index (χ3v) is 4.77. The first kappa shape index (κ1) is 13.7. The number of thiazole rings is 1. The number of rotatable bonds is 4. The molecule has 0 radical (unpaired) electrons. The molecule has 5 nitrogen and oxygen atoms in total. The van der Waals surface area contributed by atoms with Crippen LogP contribution in [-0.2, 0) is 9.57 Å². The minimum absolute atomic E-state index is 0.335. The largest absolute Gasteiger partial charge is 0.350 e. The molecule has 0 saturated carbocycles. The van der Waals surface area contributed by atoms with Crippen molar-refractivity contribution in [1.82, 2.24) is 10.5 Å². The van der Waals surface area contributed by atoms with Gasteiger partial charge in [-0.25, -0.2) is 15.3 Å². The van der Waals surface area contributed by atoms with Crippen LogP contribution < -0.4 is 5.48 Å². The molecule has 1 atom stereocenters. The van der Waals surface area contributed by atoms with Crippen molar-refractivity contribution in [2.45, 2.75) is 25.6 Å². The summed E-state index contributed by atoms with van der Waals surface area (Å²) in [4.78, 5) is 22.5. The van der Waals surface area contributed by atoms with Gasteiger partial charge < -0.3 is 4.74 Å². The maximum absolute atomic E-state index is 11.9. The molecule has 3 heterocycles. The fraction of sp³-hybridized carbons (Fsp3) is 0.385. The van der Waals surface area contributed by atoms with E-state index in [0.717, 1.165) is 29.1 Å².